The zero-order valence-electron chi connectivity index (χ0n) is 15.1. The van der Waals surface area contributed by atoms with E-state index in [2.05, 4.69) is 4.99 Å². The Bertz CT molecular complexity index is 955. The van der Waals surface area contributed by atoms with E-state index in [-0.39, 0.29) is 11.6 Å². The number of nitrogens with two attached hydrogens (primary N) is 2. The zero-order valence-corrected chi connectivity index (χ0v) is 15.1. The van der Waals surface area contributed by atoms with E-state index in [1.165, 1.54) is 31.3 Å². The number of aliphatic imine (C=N–C) groups is 1. The second-order valence-corrected chi connectivity index (χ2v) is 6.80. The number of guanidine groups is 1. The average Bonchev–Trinajstić information content (AvgIpc) is 2.62. The van der Waals surface area contributed by atoms with Crippen molar-refractivity contribution in [2.45, 2.75) is 24.6 Å². The summed E-state index contributed by atoms with van der Waals surface area (Å²) < 4.78 is 52.3. The highest BCUT2D eigenvalue weighted by atomic mass is 19.4. The maximum atomic E-state index is 13.6. The van der Waals surface area contributed by atoms with Crippen molar-refractivity contribution in [1.82, 2.24) is 4.90 Å². The number of nitrogens with zero attached hydrogens (tertiary/aromatic N) is 2. The van der Waals surface area contributed by atoms with Gasteiger partial charge in [-0.1, -0.05) is 18.2 Å². The molecule has 0 saturated carbocycles. The van der Waals surface area contributed by atoms with Crippen molar-refractivity contribution in [2.24, 2.45) is 10.7 Å². The molecule has 1 amide bonds. The van der Waals surface area contributed by atoms with Crippen LogP contribution in [0.1, 0.15) is 29.5 Å². The van der Waals surface area contributed by atoms with E-state index in [0.717, 1.165) is 23.1 Å². The number of amides is 1. The lowest BCUT2D eigenvalue weighted by molar-refractivity contribution is -0.137. The van der Waals surface area contributed by atoms with Gasteiger partial charge in [-0.2, -0.15) is 13.2 Å². The molecule has 3 rings (SSSR count). The van der Waals surface area contributed by atoms with Gasteiger partial charge in [-0.15, -0.1) is 0 Å². The van der Waals surface area contributed by atoms with Crippen molar-refractivity contribution in [2.75, 3.05) is 12.8 Å². The number of carbonyl (C=O) groups excluding carboxylic acids is 1. The van der Waals surface area contributed by atoms with E-state index in [9.17, 15) is 22.4 Å². The molecule has 0 spiro atoms. The summed E-state index contributed by atoms with van der Waals surface area (Å²) >= 11 is 0. The van der Waals surface area contributed by atoms with Crippen LogP contribution in [0.2, 0.25) is 0 Å². The summed E-state index contributed by atoms with van der Waals surface area (Å²) in [5.74, 6) is -2.11. The van der Waals surface area contributed by atoms with Crippen LogP contribution in [0.5, 0.6) is 0 Å². The van der Waals surface area contributed by atoms with Crippen LogP contribution in [0.3, 0.4) is 0 Å². The molecule has 0 unspecified atom stereocenters. The van der Waals surface area contributed by atoms with Gasteiger partial charge in [0.2, 0.25) is 5.91 Å². The van der Waals surface area contributed by atoms with E-state index in [1.807, 2.05) is 0 Å². The topological polar surface area (TPSA) is 84.7 Å². The Morgan fingerprint density at radius 3 is 2.25 bits per heavy atom. The predicted octanol–water partition coefficient (Wildman–Crippen LogP) is 3.21. The number of hydrogen-bond donors (Lipinski definition) is 2. The van der Waals surface area contributed by atoms with Crippen LogP contribution >= 0.6 is 0 Å². The zero-order chi connectivity index (χ0) is 20.9. The first-order chi connectivity index (χ1) is 12.9. The van der Waals surface area contributed by atoms with Crippen LogP contribution in [0.25, 0.3) is 0 Å². The van der Waals surface area contributed by atoms with Crippen molar-refractivity contribution >= 4 is 17.6 Å². The lowest BCUT2D eigenvalue weighted by Crippen LogP contribution is -2.52. The maximum absolute atomic E-state index is 13.6. The molecule has 148 valence electrons. The minimum Gasteiger partial charge on any atom is -0.396 e. The molecule has 4 N–H and O–H groups in total. The summed E-state index contributed by atoms with van der Waals surface area (Å²) in [6.45, 7) is 1.61. The van der Waals surface area contributed by atoms with Gasteiger partial charge in [0, 0.05) is 7.05 Å². The van der Waals surface area contributed by atoms with Crippen molar-refractivity contribution in [3.05, 3.63) is 65.0 Å². The Morgan fingerprint density at radius 2 is 1.71 bits per heavy atom. The number of likely N-dealkylation sites (N-methyl/N-ethyl adjacent to an activating group) is 1. The number of halogens is 4. The van der Waals surface area contributed by atoms with Gasteiger partial charge >= 0.3 is 6.18 Å². The van der Waals surface area contributed by atoms with Crippen LogP contribution in [-0.4, -0.2) is 23.8 Å². The van der Waals surface area contributed by atoms with Crippen LogP contribution in [0.15, 0.2) is 47.5 Å². The molecule has 0 aromatic heterocycles. The molecule has 0 radical (unpaired) electrons. The number of anilines is 1. The Morgan fingerprint density at radius 1 is 1.11 bits per heavy atom. The number of carbonyl (C=O) groups is 1. The summed E-state index contributed by atoms with van der Waals surface area (Å²) in [5, 5.41) is 0. The SMILES string of the molecule is CN1C(=O)[C@@H](c2ccc(C(F)(F)F)cc2)[C@@](C)(c2ccc(F)c(N)c2)N=C1N. The van der Waals surface area contributed by atoms with Crippen molar-refractivity contribution < 1.29 is 22.4 Å². The fourth-order valence-corrected chi connectivity index (χ4v) is 3.35. The quantitative estimate of drug-likeness (QED) is 0.606. The van der Waals surface area contributed by atoms with Crippen LogP contribution < -0.4 is 11.5 Å². The molecule has 5 nitrogen and oxygen atoms in total. The predicted molar refractivity (Wildman–Crippen MR) is 96.7 cm³/mol. The van der Waals surface area contributed by atoms with Crippen LogP contribution in [0, 0.1) is 5.82 Å². The summed E-state index contributed by atoms with van der Waals surface area (Å²) in [6, 6.07) is 8.21. The molecule has 0 fully saturated rings. The summed E-state index contributed by atoms with van der Waals surface area (Å²) in [6.07, 6.45) is -4.50. The first-order valence-electron chi connectivity index (χ1n) is 8.30. The van der Waals surface area contributed by atoms with Gasteiger partial charge in [-0.3, -0.25) is 9.69 Å². The molecule has 2 aromatic rings. The molecule has 2 atom stereocenters. The molecule has 2 aromatic carbocycles. The van der Waals surface area contributed by atoms with Crippen molar-refractivity contribution in [3.63, 3.8) is 0 Å². The highest BCUT2D eigenvalue weighted by Crippen LogP contribution is 2.45. The number of benzene rings is 2. The van der Waals surface area contributed by atoms with E-state index in [1.54, 1.807) is 6.92 Å². The van der Waals surface area contributed by atoms with E-state index in [4.69, 9.17) is 11.5 Å². The summed E-state index contributed by atoms with van der Waals surface area (Å²) in [5.41, 5.74) is 10.0. The number of rotatable bonds is 2. The smallest absolute Gasteiger partial charge is 0.396 e. The van der Waals surface area contributed by atoms with Crippen LogP contribution in [-0.2, 0) is 16.5 Å². The molecular weight excluding hydrogens is 376 g/mol. The normalized spacial score (nSPS) is 22.9. The van der Waals surface area contributed by atoms with Crippen molar-refractivity contribution in [3.8, 4) is 0 Å². The van der Waals surface area contributed by atoms with Gasteiger partial charge in [-0.05, 0) is 42.3 Å². The second kappa shape index (κ2) is 6.50. The highest BCUT2D eigenvalue weighted by molar-refractivity contribution is 6.02. The fraction of sp³-hybridized carbons (Fsp3) is 0.263. The van der Waals surface area contributed by atoms with Crippen molar-refractivity contribution in [1.29, 1.82) is 0 Å². The molecule has 1 aliphatic rings. The number of alkyl halides is 3. The molecule has 1 heterocycles. The second-order valence-electron chi connectivity index (χ2n) is 6.80. The Kier molecular flexibility index (Phi) is 4.57. The largest absolute Gasteiger partial charge is 0.416 e. The van der Waals surface area contributed by atoms with Gasteiger partial charge in [-0.25, -0.2) is 9.38 Å². The molecule has 0 bridgehead atoms. The first kappa shape index (κ1) is 19.7. The third kappa shape index (κ3) is 3.17. The number of nitrogen functional groups attached to an aromatic ring is 1. The molecule has 0 aliphatic carbocycles. The third-order valence-electron chi connectivity index (χ3n) is 4.98. The Hall–Kier alpha value is -3.10. The minimum absolute atomic E-state index is 0.0569. The Labute approximate surface area is 158 Å². The van der Waals surface area contributed by atoms with Crippen LogP contribution in [0.4, 0.5) is 23.2 Å². The molecular formula is C19H18F4N4O. The third-order valence-corrected chi connectivity index (χ3v) is 4.98. The molecule has 9 heteroatoms. The first-order valence-corrected chi connectivity index (χ1v) is 8.30. The maximum Gasteiger partial charge on any atom is 0.416 e. The molecule has 1 aliphatic heterocycles. The fourth-order valence-electron chi connectivity index (χ4n) is 3.35. The lowest BCUT2D eigenvalue weighted by atomic mass is 9.74. The monoisotopic (exact) mass is 394 g/mol. The molecule has 28 heavy (non-hydrogen) atoms. The van der Waals surface area contributed by atoms with E-state index in [0.29, 0.717) is 11.1 Å². The van der Waals surface area contributed by atoms with Gasteiger partial charge in [0.1, 0.15) is 11.4 Å². The van der Waals surface area contributed by atoms with E-state index < -0.39 is 34.9 Å². The Balaban J connectivity index is 2.17. The minimum atomic E-state index is -4.50. The van der Waals surface area contributed by atoms with E-state index >= 15 is 0 Å². The van der Waals surface area contributed by atoms with Gasteiger partial charge in [0.05, 0.1) is 17.2 Å². The van der Waals surface area contributed by atoms with Gasteiger partial charge in [0.25, 0.3) is 0 Å². The highest BCUT2D eigenvalue weighted by Gasteiger charge is 2.47. The van der Waals surface area contributed by atoms with Gasteiger partial charge < -0.3 is 11.5 Å². The lowest BCUT2D eigenvalue weighted by Gasteiger charge is -2.41. The summed E-state index contributed by atoms with van der Waals surface area (Å²) in [7, 11) is 1.43. The molecule has 0 saturated heterocycles. The number of hydrogen-bond acceptors (Lipinski definition) is 4. The summed E-state index contributed by atoms with van der Waals surface area (Å²) in [4.78, 5) is 18.5. The van der Waals surface area contributed by atoms with Gasteiger partial charge in [0.15, 0.2) is 5.96 Å². The average molecular weight is 394 g/mol. The standard InChI is InChI=1S/C19H18F4N4O/c1-18(12-7-8-13(20)14(24)9-12)15(16(28)27(2)17(25)26-18)10-3-5-11(6-4-10)19(21,22)23/h3-9,15H,24H2,1-2H3,(H2,25,26)/t15-,18-/m1/s1.